The molecule has 0 saturated heterocycles. The van der Waals surface area contributed by atoms with Gasteiger partial charge in [-0.05, 0) is 38.1 Å². The van der Waals surface area contributed by atoms with Gasteiger partial charge in [-0.25, -0.2) is 10.8 Å². The summed E-state index contributed by atoms with van der Waals surface area (Å²) < 4.78 is 1.04. The maximum absolute atomic E-state index is 5.35. The number of nitrogens with one attached hydrogen (secondary N) is 2. The molecule has 1 rings (SSSR count). The Kier molecular flexibility index (Phi) is 4.58. The summed E-state index contributed by atoms with van der Waals surface area (Å²) in [5.41, 5.74) is 3.46. The van der Waals surface area contributed by atoms with E-state index in [4.69, 9.17) is 5.84 Å². The molecule has 0 aliphatic heterocycles. The van der Waals surface area contributed by atoms with E-state index in [-0.39, 0.29) is 6.04 Å². The molecule has 0 aliphatic rings. The van der Waals surface area contributed by atoms with Crippen LogP contribution in [-0.4, -0.2) is 12.0 Å². The van der Waals surface area contributed by atoms with Crippen LogP contribution < -0.4 is 16.6 Å². The monoisotopic (exact) mass is 270 g/mol. The maximum Gasteiger partial charge on any atom is 0.210 e. The largest absolute Gasteiger partial charge is 0.325 e. The number of benzene rings is 1. The van der Waals surface area contributed by atoms with Crippen molar-refractivity contribution in [1.82, 2.24) is 5.43 Å². The fraction of sp³-hybridized carbons (Fsp3) is 0.300. The molecule has 0 heterocycles. The number of hydrogen-bond donors (Lipinski definition) is 3. The summed E-state index contributed by atoms with van der Waals surface area (Å²) in [6.07, 6.45) is 0. The molecule has 0 unspecified atom stereocenters. The average molecular weight is 271 g/mol. The SMILES string of the molecule is CC(C)N=C(NN)Nc1ccc(Br)cc1. The van der Waals surface area contributed by atoms with Gasteiger partial charge in [0.1, 0.15) is 0 Å². The van der Waals surface area contributed by atoms with Crippen LogP contribution in [0, 0.1) is 0 Å². The molecule has 4 N–H and O–H groups in total. The number of rotatable bonds is 2. The van der Waals surface area contributed by atoms with Crippen molar-refractivity contribution in [3.05, 3.63) is 28.7 Å². The fourth-order valence-electron chi connectivity index (χ4n) is 1.03. The fourth-order valence-corrected chi connectivity index (χ4v) is 1.30. The van der Waals surface area contributed by atoms with E-state index < -0.39 is 0 Å². The second-order valence-corrected chi connectivity index (χ2v) is 4.26. The van der Waals surface area contributed by atoms with Crippen LogP contribution in [0.25, 0.3) is 0 Å². The standard InChI is InChI=1S/C10H15BrN4/c1-7(2)13-10(15-12)14-9-5-3-8(11)4-6-9/h3-7H,12H2,1-2H3,(H2,13,14,15). The van der Waals surface area contributed by atoms with E-state index in [2.05, 4.69) is 31.7 Å². The highest BCUT2D eigenvalue weighted by molar-refractivity contribution is 9.10. The summed E-state index contributed by atoms with van der Waals surface area (Å²) in [5, 5.41) is 3.08. The van der Waals surface area contributed by atoms with Gasteiger partial charge in [0.05, 0.1) is 0 Å². The Hall–Kier alpha value is -1.07. The van der Waals surface area contributed by atoms with E-state index in [0.717, 1.165) is 10.2 Å². The molecule has 0 fully saturated rings. The molecule has 0 aromatic heterocycles. The first-order chi connectivity index (χ1) is 7.11. The minimum absolute atomic E-state index is 0.194. The first-order valence-corrected chi connectivity index (χ1v) is 5.48. The average Bonchev–Trinajstić information content (AvgIpc) is 2.19. The summed E-state index contributed by atoms with van der Waals surface area (Å²) >= 11 is 3.37. The third kappa shape index (κ3) is 4.31. The lowest BCUT2D eigenvalue weighted by Gasteiger charge is -2.10. The van der Waals surface area contributed by atoms with Gasteiger partial charge in [0, 0.05) is 16.2 Å². The lowest BCUT2D eigenvalue weighted by molar-refractivity contribution is 0.819. The van der Waals surface area contributed by atoms with Crippen LogP contribution in [-0.2, 0) is 0 Å². The van der Waals surface area contributed by atoms with Crippen LogP contribution in [0.4, 0.5) is 5.69 Å². The van der Waals surface area contributed by atoms with Crippen molar-refractivity contribution in [2.75, 3.05) is 5.32 Å². The molecule has 0 bridgehead atoms. The van der Waals surface area contributed by atoms with E-state index >= 15 is 0 Å². The van der Waals surface area contributed by atoms with Crippen molar-refractivity contribution in [3.8, 4) is 0 Å². The van der Waals surface area contributed by atoms with Gasteiger partial charge in [-0.15, -0.1) is 0 Å². The molecule has 0 aliphatic carbocycles. The smallest absolute Gasteiger partial charge is 0.210 e. The topological polar surface area (TPSA) is 62.4 Å². The lowest BCUT2D eigenvalue weighted by atomic mass is 10.3. The Morgan fingerprint density at radius 2 is 1.93 bits per heavy atom. The first kappa shape index (κ1) is 12.0. The van der Waals surface area contributed by atoms with Crippen molar-refractivity contribution in [2.24, 2.45) is 10.8 Å². The Morgan fingerprint density at radius 1 is 1.33 bits per heavy atom. The number of guanidine groups is 1. The van der Waals surface area contributed by atoms with Crippen LogP contribution in [0.5, 0.6) is 0 Å². The Labute approximate surface area is 98.1 Å². The van der Waals surface area contributed by atoms with E-state index in [1.807, 2.05) is 38.1 Å². The van der Waals surface area contributed by atoms with E-state index in [1.165, 1.54) is 0 Å². The van der Waals surface area contributed by atoms with Crippen molar-refractivity contribution in [2.45, 2.75) is 19.9 Å². The summed E-state index contributed by atoms with van der Waals surface area (Å²) in [5.74, 6) is 5.91. The number of halogens is 1. The Morgan fingerprint density at radius 3 is 2.40 bits per heavy atom. The maximum atomic E-state index is 5.35. The third-order valence-electron chi connectivity index (χ3n) is 1.63. The predicted molar refractivity (Wildman–Crippen MR) is 67.7 cm³/mol. The summed E-state index contributed by atoms with van der Waals surface area (Å²) in [6, 6.07) is 7.98. The molecule has 0 spiro atoms. The summed E-state index contributed by atoms with van der Waals surface area (Å²) in [7, 11) is 0. The Balaban J connectivity index is 2.71. The molecule has 82 valence electrons. The molecule has 0 amide bonds. The molecule has 5 heteroatoms. The van der Waals surface area contributed by atoms with Gasteiger partial charge in [-0.1, -0.05) is 15.9 Å². The van der Waals surface area contributed by atoms with Crippen molar-refractivity contribution < 1.29 is 0 Å². The third-order valence-corrected chi connectivity index (χ3v) is 2.16. The number of anilines is 1. The highest BCUT2D eigenvalue weighted by atomic mass is 79.9. The van der Waals surface area contributed by atoms with Crippen LogP contribution >= 0.6 is 15.9 Å². The van der Waals surface area contributed by atoms with Gasteiger partial charge in [0.15, 0.2) is 0 Å². The van der Waals surface area contributed by atoms with E-state index in [0.29, 0.717) is 5.96 Å². The molecule has 4 nitrogen and oxygen atoms in total. The summed E-state index contributed by atoms with van der Waals surface area (Å²) in [6.45, 7) is 3.97. The molecule has 0 radical (unpaired) electrons. The van der Waals surface area contributed by atoms with Gasteiger partial charge < -0.3 is 5.32 Å². The minimum Gasteiger partial charge on any atom is -0.325 e. The van der Waals surface area contributed by atoms with Gasteiger partial charge in [0.2, 0.25) is 5.96 Å². The van der Waals surface area contributed by atoms with E-state index in [9.17, 15) is 0 Å². The summed E-state index contributed by atoms with van der Waals surface area (Å²) in [4.78, 5) is 4.27. The normalized spacial score (nSPS) is 11.7. The van der Waals surface area contributed by atoms with Crippen molar-refractivity contribution in [1.29, 1.82) is 0 Å². The number of nitrogens with two attached hydrogens (primary N) is 1. The van der Waals surface area contributed by atoms with Gasteiger partial charge in [-0.2, -0.15) is 0 Å². The van der Waals surface area contributed by atoms with Gasteiger partial charge >= 0.3 is 0 Å². The zero-order valence-electron chi connectivity index (χ0n) is 8.79. The highest BCUT2D eigenvalue weighted by Gasteiger charge is 1.98. The molecular formula is C10H15BrN4. The van der Waals surface area contributed by atoms with E-state index in [1.54, 1.807) is 0 Å². The predicted octanol–water partition coefficient (Wildman–Crippen LogP) is 2.09. The van der Waals surface area contributed by atoms with Crippen LogP contribution in [0.1, 0.15) is 13.8 Å². The van der Waals surface area contributed by atoms with Gasteiger partial charge in [-0.3, -0.25) is 5.43 Å². The van der Waals surface area contributed by atoms with Crippen molar-refractivity contribution >= 4 is 27.6 Å². The molecule has 1 aromatic rings. The Bertz CT molecular complexity index is 332. The molecule has 0 atom stereocenters. The number of hydrazine groups is 1. The number of hydrogen-bond acceptors (Lipinski definition) is 2. The minimum atomic E-state index is 0.194. The quantitative estimate of drug-likeness (QED) is 0.334. The van der Waals surface area contributed by atoms with Crippen molar-refractivity contribution in [3.63, 3.8) is 0 Å². The molecule has 15 heavy (non-hydrogen) atoms. The van der Waals surface area contributed by atoms with Crippen LogP contribution in [0.2, 0.25) is 0 Å². The van der Waals surface area contributed by atoms with Crippen LogP contribution in [0.15, 0.2) is 33.7 Å². The second-order valence-electron chi connectivity index (χ2n) is 3.35. The number of aliphatic imine (C=N–C) groups is 1. The van der Waals surface area contributed by atoms with Crippen LogP contribution in [0.3, 0.4) is 0 Å². The first-order valence-electron chi connectivity index (χ1n) is 4.69. The molecule has 1 aromatic carbocycles. The lowest BCUT2D eigenvalue weighted by Crippen LogP contribution is -2.36. The molecular weight excluding hydrogens is 256 g/mol. The zero-order valence-corrected chi connectivity index (χ0v) is 10.4. The highest BCUT2D eigenvalue weighted by Crippen LogP contribution is 2.13. The zero-order chi connectivity index (χ0) is 11.3. The second kappa shape index (κ2) is 5.72. The molecule has 0 saturated carbocycles. The van der Waals surface area contributed by atoms with Gasteiger partial charge in [0.25, 0.3) is 0 Å². The number of nitrogens with zero attached hydrogens (tertiary/aromatic N) is 1.